The van der Waals surface area contributed by atoms with Crippen LogP contribution in [0.25, 0.3) is 0 Å². The van der Waals surface area contributed by atoms with E-state index < -0.39 is 0 Å². The second kappa shape index (κ2) is 6.95. The lowest BCUT2D eigenvalue weighted by Gasteiger charge is -2.20. The van der Waals surface area contributed by atoms with Crippen LogP contribution in [0, 0.1) is 13.8 Å². The normalized spacial score (nSPS) is 9.95. The molecule has 0 bridgehead atoms. The van der Waals surface area contributed by atoms with E-state index in [2.05, 4.69) is 20.7 Å². The molecule has 114 valence electrons. The Hall–Kier alpha value is -2.54. The molecule has 0 aliphatic carbocycles. The van der Waals surface area contributed by atoms with Crippen LogP contribution in [0.4, 0.5) is 5.95 Å². The Morgan fingerprint density at radius 1 is 1.14 bits per heavy atom. The molecule has 2 aromatic rings. The summed E-state index contributed by atoms with van der Waals surface area (Å²) >= 11 is 5.13. The summed E-state index contributed by atoms with van der Waals surface area (Å²) in [6.45, 7) is 3.78. The number of carbonyl (C=O) groups is 1. The van der Waals surface area contributed by atoms with Gasteiger partial charge in [-0.25, -0.2) is 9.97 Å². The molecular formula is C15H17N5OS. The number of benzene rings is 1. The molecular weight excluding hydrogens is 298 g/mol. The van der Waals surface area contributed by atoms with E-state index in [9.17, 15) is 4.79 Å². The Labute approximate surface area is 134 Å². The average molecular weight is 315 g/mol. The molecule has 1 heterocycles. The molecule has 0 unspecified atom stereocenters. The van der Waals surface area contributed by atoms with Crippen LogP contribution in [0.3, 0.4) is 0 Å². The lowest BCUT2D eigenvalue weighted by atomic mass is 10.2. The number of anilines is 1. The summed E-state index contributed by atoms with van der Waals surface area (Å²) in [5, 5.41) is 4.35. The minimum absolute atomic E-state index is 0.180. The van der Waals surface area contributed by atoms with Gasteiger partial charge >= 0.3 is 0 Å². The van der Waals surface area contributed by atoms with Gasteiger partial charge in [0.25, 0.3) is 5.91 Å². The molecule has 6 nitrogen and oxygen atoms in total. The fourth-order valence-corrected chi connectivity index (χ4v) is 2.08. The van der Waals surface area contributed by atoms with Crippen LogP contribution in [0.2, 0.25) is 0 Å². The minimum Gasteiger partial charge on any atom is -0.298 e. The monoisotopic (exact) mass is 315 g/mol. The number of thiocarbonyl (C=S) groups is 1. The van der Waals surface area contributed by atoms with Gasteiger partial charge < -0.3 is 0 Å². The van der Waals surface area contributed by atoms with Gasteiger partial charge in [-0.2, -0.15) is 0 Å². The third-order valence-corrected chi connectivity index (χ3v) is 3.00. The van der Waals surface area contributed by atoms with Crippen LogP contribution in [0.1, 0.15) is 21.7 Å². The van der Waals surface area contributed by atoms with Crippen LogP contribution >= 0.6 is 12.2 Å². The number of hydrogen-bond acceptors (Lipinski definition) is 5. The number of aromatic nitrogens is 2. The van der Waals surface area contributed by atoms with Gasteiger partial charge in [-0.15, -0.1) is 0 Å². The molecule has 2 rings (SSSR count). The van der Waals surface area contributed by atoms with Crippen LogP contribution in [-0.4, -0.2) is 28.0 Å². The molecule has 0 saturated heterocycles. The fraction of sp³-hybridized carbons (Fsp3) is 0.200. The second-order valence-corrected chi connectivity index (χ2v) is 5.18. The number of nitrogens with one attached hydrogen (secondary N) is 2. The minimum atomic E-state index is -0.271. The first-order valence-corrected chi connectivity index (χ1v) is 7.09. The zero-order valence-electron chi connectivity index (χ0n) is 12.6. The Kier molecular flexibility index (Phi) is 5.00. The van der Waals surface area contributed by atoms with Crippen molar-refractivity contribution in [1.29, 1.82) is 0 Å². The van der Waals surface area contributed by atoms with Gasteiger partial charge in [-0.3, -0.25) is 20.5 Å². The number of hydrazine groups is 1. The summed E-state index contributed by atoms with van der Waals surface area (Å²) in [5.74, 6) is 0.210. The Balaban J connectivity index is 1.98. The molecule has 0 fully saturated rings. The zero-order chi connectivity index (χ0) is 16.1. The van der Waals surface area contributed by atoms with Crippen molar-refractivity contribution in [3.63, 3.8) is 0 Å². The smallest absolute Gasteiger partial charge is 0.257 e. The highest BCUT2D eigenvalue weighted by atomic mass is 32.1. The molecule has 0 spiro atoms. The maximum atomic E-state index is 12.0. The molecule has 1 aromatic heterocycles. The first-order chi connectivity index (χ1) is 10.5. The average Bonchev–Trinajstić information content (AvgIpc) is 2.47. The fourth-order valence-electron chi connectivity index (χ4n) is 1.85. The summed E-state index contributed by atoms with van der Waals surface area (Å²) < 4.78 is 0. The van der Waals surface area contributed by atoms with Crippen molar-refractivity contribution < 1.29 is 4.79 Å². The van der Waals surface area contributed by atoms with Crippen molar-refractivity contribution in [2.45, 2.75) is 13.8 Å². The predicted octanol–water partition coefficient (Wildman–Crippen LogP) is 1.75. The topological polar surface area (TPSA) is 70.2 Å². The van der Waals surface area contributed by atoms with Crippen LogP contribution in [0.5, 0.6) is 0 Å². The first-order valence-electron chi connectivity index (χ1n) is 6.69. The first kappa shape index (κ1) is 15.8. The summed E-state index contributed by atoms with van der Waals surface area (Å²) in [4.78, 5) is 20.6. The highest BCUT2D eigenvalue weighted by molar-refractivity contribution is 7.80. The summed E-state index contributed by atoms with van der Waals surface area (Å²) in [6.07, 6.45) is 0. The molecule has 1 amide bonds. The van der Waals surface area contributed by atoms with E-state index in [0.29, 0.717) is 11.5 Å². The second-order valence-electron chi connectivity index (χ2n) is 4.77. The molecule has 22 heavy (non-hydrogen) atoms. The number of nitrogens with zero attached hydrogens (tertiary/aromatic N) is 3. The molecule has 2 N–H and O–H groups in total. The Morgan fingerprint density at radius 2 is 1.73 bits per heavy atom. The Bertz CT molecular complexity index is 669. The SMILES string of the molecule is Cc1cc(C)nc(N(C)NC(=S)NC(=O)c2ccccc2)n1. The van der Waals surface area contributed by atoms with Crippen molar-refractivity contribution in [1.82, 2.24) is 20.7 Å². The van der Waals surface area contributed by atoms with Gasteiger partial charge in [-0.05, 0) is 44.3 Å². The molecule has 0 atom stereocenters. The lowest BCUT2D eigenvalue weighted by molar-refractivity contribution is 0.0976. The van der Waals surface area contributed by atoms with E-state index >= 15 is 0 Å². The quantitative estimate of drug-likeness (QED) is 0.664. The van der Waals surface area contributed by atoms with E-state index in [0.717, 1.165) is 11.4 Å². The van der Waals surface area contributed by atoms with Crippen molar-refractivity contribution in [3.05, 3.63) is 53.3 Å². The molecule has 0 radical (unpaired) electrons. The van der Waals surface area contributed by atoms with Crippen molar-refractivity contribution in [2.75, 3.05) is 12.1 Å². The van der Waals surface area contributed by atoms with Gasteiger partial charge in [0.2, 0.25) is 5.95 Å². The van der Waals surface area contributed by atoms with Crippen molar-refractivity contribution >= 4 is 29.2 Å². The number of rotatable bonds is 3. The zero-order valence-corrected chi connectivity index (χ0v) is 13.4. The van der Waals surface area contributed by atoms with E-state index in [-0.39, 0.29) is 11.0 Å². The van der Waals surface area contributed by atoms with Crippen molar-refractivity contribution in [3.8, 4) is 0 Å². The van der Waals surface area contributed by atoms with E-state index in [4.69, 9.17) is 12.2 Å². The molecule has 1 aromatic carbocycles. The molecule has 0 saturated carbocycles. The molecule has 0 aliphatic heterocycles. The van der Waals surface area contributed by atoms with Crippen LogP contribution in [0.15, 0.2) is 36.4 Å². The third-order valence-electron chi connectivity index (χ3n) is 2.80. The number of carbonyl (C=O) groups excluding carboxylic acids is 1. The Morgan fingerprint density at radius 3 is 2.32 bits per heavy atom. The van der Waals surface area contributed by atoms with Crippen LogP contribution < -0.4 is 15.8 Å². The van der Waals surface area contributed by atoms with Crippen molar-refractivity contribution in [2.24, 2.45) is 0 Å². The maximum absolute atomic E-state index is 12.0. The van der Waals surface area contributed by atoms with Gasteiger partial charge in [0.05, 0.1) is 0 Å². The molecule has 7 heteroatoms. The lowest BCUT2D eigenvalue weighted by Crippen LogP contribution is -2.47. The number of aryl methyl sites for hydroxylation is 2. The van der Waals surface area contributed by atoms with E-state index in [1.54, 1.807) is 36.3 Å². The maximum Gasteiger partial charge on any atom is 0.257 e. The van der Waals surface area contributed by atoms with Gasteiger partial charge in [0.15, 0.2) is 5.11 Å². The summed E-state index contributed by atoms with van der Waals surface area (Å²) in [7, 11) is 1.73. The summed E-state index contributed by atoms with van der Waals surface area (Å²) in [6, 6.07) is 10.7. The standard InChI is InChI=1S/C15H17N5OS/c1-10-9-11(2)17-14(16-10)20(3)19-15(22)18-13(21)12-7-5-4-6-8-12/h4-9H,1-3H3,(H2,18,19,21,22). The third kappa shape index (κ3) is 4.23. The highest BCUT2D eigenvalue weighted by Gasteiger charge is 2.10. The molecule has 0 aliphatic rings. The summed E-state index contributed by atoms with van der Waals surface area (Å²) in [5.41, 5.74) is 5.11. The highest BCUT2D eigenvalue weighted by Crippen LogP contribution is 2.06. The van der Waals surface area contributed by atoms with E-state index in [1.165, 1.54) is 0 Å². The number of amides is 1. The predicted molar refractivity (Wildman–Crippen MR) is 89.6 cm³/mol. The van der Waals surface area contributed by atoms with Gasteiger partial charge in [0, 0.05) is 24.0 Å². The number of hydrogen-bond donors (Lipinski definition) is 2. The van der Waals surface area contributed by atoms with E-state index in [1.807, 2.05) is 26.0 Å². The van der Waals surface area contributed by atoms with Gasteiger partial charge in [-0.1, -0.05) is 18.2 Å². The van der Waals surface area contributed by atoms with Crippen LogP contribution in [-0.2, 0) is 0 Å². The largest absolute Gasteiger partial charge is 0.298 e. The van der Waals surface area contributed by atoms with Gasteiger partial charge in [0.1, 0.15) is 0 Å².